The van der Waals surface area contributed by atoms with Crippen LogP contribution in [0.15, 0.2) is 46.9 Å². The Kier molecular flexibility index (Phi) is 6.28. The Balaban J connectivity index is 1.47. The number of benzene rings is 2. The van der Waals surface area contributed by atoms with Crippen LogP contribution >= 0.6 is 15.9 Å². The molecule has 2 heterocycles. The first-order valence-corrected chi connectivity index (χ1v) is 11.6. The van der Waals surface area contributed by atoms with E-state index in [-0.39, 0.29) is 23.8 Å². The van der Waals surface area contributed by atoms with E-state index >= 15 is 0 Å². The number of piperidine rings is 1. The average Bonchev–Trinajstić information content (AvgIpc) is 3.22. The first-order chi connectivity index (χ1) is 14.4. The van der Waals surface area contributed by atoms with Crippen molar-refractivity contribution in [2.45, 2.75) is 45.6 Å². The predicted octanol–water partition coefficient (Wildman–Crippen LogP) is 5.28. The highest BCUT2D eigenvalue weighted by molar-refractivity contribution is 9.10. The first-order valence-electron chi connectivity index (χ1n) is 10.9. The van der Waals surface area contributed by atoms with Gasteiger partial charge >= 0.3 is 0 Å². The van der Waals surface area contributed by atoms with Gasteiger partial charge in [0.25, 0.3) is 5.91 Å². The average molecular weight is 469 g/mol. The molecular formula is C25H29BrN2O2. The number of nitrogens with zero attached hydrogens (tertiary/aromatic N) is 2. The number of aryl methyl sites for hydroxylation is 2. The minimum absolute atomic E-state index is 0.0465. The van der Waals surface area contributed by atoms with Gasteiger partial charge in [0.1, 0.15) is 0 Å². The highest BCUT2D eigenvalue weighted by Crippen LogP contribution is 2.35. The number of rotatable bonds is 3. The molecule has 0 N–H and O–H groups in total. The molecule has 4 nitrogen and oxygen atoms in total. The van der Waals surface area contributed by atoms with Gasteiger partial charge in [0.2, 0.25) is 5.91 Å². The lowest BCUT2D eigenvalue weighted by atomic mass is 9.94. The minimum atomic E-state index is -0.107. The molecule has 0 saturated carbocycles. The van der Waals surface area contributed by atoms with Gasteiger partial charge in [-0.15, -0.1) is 0 Å². The highest BCUT2D eigenvalue weighted by Gasteiger charge is 2.36. The Morgan fingerprint density at radius 1 is 0.933 bits per heavy atom. The van der Waals surface area contributed by atoms with Gasteiger partial charge < -0.3 is 9.80 Å². The zero-order valence-corrected chi connectivity index (χ0v) is 19.3. The molecule has 5 heteroatoms. The third kappa shape index (κ3) is 4.46. The molecule has 2 aromatic carbocycles. The summed E-state index contributed by atoms with van der Waals surface area (Å²) in [6.45, 7) is 6.09. The fourth-order valence-corrected chi connectivity index (χ4v) is 5.20. The van der Waals surface area contributed by atoms with Crippen LogP contribution in [0.3, 0.4) is 0 Å². The second-order valence-corrected chi connectivity index (χ2v) is 9.62. The topological polar surface area (TPSA) is 40.6 Å². The molecule has 0 radical (unpaired) electrons. The summed E-state index contributed by atoms with van der Waals surface area (Å²) in [4.78, 5) is 30.5. The van der Waals surface area contributed by atoms with E-state index in [4.69, 9.17) is 0 Å². The zero-order chi connectivity index (χ0) is 21.3. The largest absolute Gasteiger partial charge is 0.338 e. The van der Waals surface area contributed by atoms with Crippen LogP contribution in [0, 0.1) is 19.8 Å². The number of amides is 2. The van der Waals surface area contributed by atoms with Crippen LogP contribution in [-0.4, -0.2) is 41.2 Å². The maximum Gasteiger partial charge on any atom is 0.253 e. The summed E-state index contributed by atoms with van der Waals surface area (Å²) in [7, 11) is 0. The standard InChI is InChI=1S/C25H29BrN2O2/c1-17-13-18(2)15-21(14-17)24(29)27-11-3-5-20(16-27)25(30)28-12-4-6-23(28)19-7-9-22(26)10-8-19/h7-10,13-15,20,23H,3-6,11-12,16H2,1-2H3. The summed E-state index contributed by atoms with van der Waals surface area (Å²) in [6, 6.07) is 14.4. The molecule has 2 atom stereocenters. The third-order valence-electron chi connectivity index (χ3n) is 6.32. The van der Waals surface area contributed by atoms with Gasteiger partial charge in [0, 0.05) is 29.7 Å². The van der Waals surface area contributed by atoms with E-state index in [1.54, 1.807) is 0 Å². The van der Waals surface area contributed by atoms with Crippen molar-refractivity contribution in [2.75, 3.05) is 19.6 Å². The predicted molar refractivity (Wildman–Crippen MR) is 122 cm³/mol. The monoisotopic (exact) mass is 468 g/mol. The molecule has 30 heavy (non-hydrogen) atoms. The molecule has 2 unspecified atom stereocenters. The molecule has 2 fully saturated rings. The third-order valence-corrected chi connectivity index (χ3v) is 6.85. The molecule has 4 rings (SSSR count). The van der Waals surface area contributed by atoms with Crippen LogP contribution < -0.4 is 0 Å². The van der Waals surface area contributed by atoms with Crippen LogP contribution in [0.4, 0.5) is 0 Å². The van der Waals surface area contributed by atoms with Crippen LogP contribution in [0.1, 0.15) is 58.8 Å². The molecule has 2 aromatic rings. The van der Waals surface area contributed by atoms with Crippen LogP contribution in [0.25, 0.3) is 0 Å². The number of hydrogen-bond acceptors (Lipinski definition) is 2. The lowest BCUT2D eigenvalue weighted by molar-refractivity contribution is -0.138. The number of carbonyl (C=O) groups is 2. The Hall–Kier alpha value is -2.14. The van der Waals surface area contributed by atoms with E-state index in [1.807, 2.05) is 43.0 Å². The Labute approximate surface area is 187 Å². The van der Waals surface area contributed by atoms with E-state index in [2.05, 4.69) is 39.0 Å². The maximum atomic E-state index is 13.4. The van der Waals surface area contributed by atoms with Gasteiger partial charge in [-0.3, -0.25) is 9.59 Å². The molecular weight excluding hydrogens is 440 g/mol. The Bertz CT molecular complexity index is 920. The van der Waals surface area contributed by atoms with Gasteiger partial charge in [-0.25, -0.2) is 0 Å². The zero-order valence-electron chi connectivity index (χ0n) is 17.7. The number of hydrogen-bond donors (Lipinski definition) is 0. The van der Waals surface area contributed by atoms with E-state index in [1.165, 1.54) is 5.56 Å². The molecule has 0 spiro atoms. The quantitative estimate of drug-likeness (QED) is 0.614. The number of likely N-dealkylation sites (tertiary alicyclic amines) is 2. The van der Waals surface area contributed by atoms with Gasteiger partial charge in [0.15, 0.2) is 0 Å². The van der Waals surface area contributed by atoms with E-state index in [9.17, 15) is 9.59 Å². The van der Waals surface area contributed by atoms with Crippen molar-refractivity contribution in [2.24, 2.45) is 5.92 Å². The van der Waals surface area contributed by atoms with E-state index in [0.717, 1.165) is 59.9 Å². The summed E-state index contributed by atoms with van der Waals surface area (Å²) in [6.07, 6.45) is 3.78. The van der Waals surface area contributed by atoms with Crippen LogP contribution in [0.5, 0.6) is 0 Å². The van der Waals surface area contributed by atoms with Gasteiger partial charge in [-0.1, -0.05) is 45.3 Å². The molecule has 0 aromatic heterocycles. The fraction of sp³-hybridized carbons (Fsp3) is 0.440. The van der Waals surface area contributed by atoms with E-state index < -0.39 is 0 Å². The van der Waals surface area contributed by atoms with Crippen molar-refractivity contribution in [3.63, 3.8) is 0 Å². The summed E-state index contributed by atoms with van der Waals surface area (Å²) < 4.78 is 1.05. The van der Waals surface area contributed by atoms with Gasteiger partial charge in [-0.2, -0.15) is 0 Å². The lowest BCUT2D eigenvalue weighted by Crippen LogP contribution is -2.46. The summed E-state index contributed by atoms with van der Waals surface area (Å²) >= 11 is 3.49. The lowest BCUT2D eigenvalue weighted by Gasteiger charge is -2.36. The second-order valence-electron chi connectivity index (χ2n) is 8.71. The first kappa shape index (κ1) is 21.1. The molecule has 2 saturated heterocycles. The van der Waals surface area contributed by atoms with Gasteiger partial charge in [0.05, 0.1) is 12.0 Å². The van der Waals surface area contributed by atoms with Crippen molar-refractivity contribution in [1.29, 1.82) is 0 Å². The smallest absolute Gasteiger partial charge is 0.253 e. The summed E-state index contributed by atoms with van der Waals surface area (Å²) in [5.74, 6) is 0.146. The molecule has 2 aliphatic rings. The summed E-state index contributed by atoms with van der Waals surface area (Å²) in [5.41, 5.74) is 4.12. The number of halogens is 1. The maximum absolute atomic E-state index is 13.4. The summed E-state index contributed by atoms with van der Waals surface area (Å²) in [5, 5.41) is 0. The fourth-order valence-electron chi connectivity index (χ4n) is 4.94. The Morgan fingerprint density at radius 3 is 2.30 bits per heavy atom. The molecule has 2 amide bonds. The molecule has 2 aliphatic heterocycles. The normalized spacial score (nSPS) is 21.7. The molecule has 0 aliphatic carbocycles. The minimum Gasteiger partial charge on any atom is -0.338 e. The van der Waals surface area contributed by atoms with Crippen molar-refractivity contribution in [3.05, 3.63) is 69.2 Å². The van der Waals surface area contributed by atoms with Crippen molar-refractivity contribution >= 4 is 27.7 Å². The van der Waals surface area contributed by atoms with Crippen molar-refractivity contribution < 1.29 is 9.59 Å². The van der Waals surface area contributed by atoms with Gasteiger partial charge in [-0.05, 0) is 69.4 Å². The molecule has 158 valence electrons. The Morgan fingerprint density at radius 2 is 1.60 bits per heavy atom. The van der Waals surface area contributed by atoms with Crippen molar-refractivity contribution in [1.82, 2.24) is 9.80 Å². The van der Waals surface area contributed by atoms with Crippen molar-refractivity contribution in [3.8, 4) is 0 Å². The van der Waals surface area contributed by atoms with E-state index in [0.29, 0.717) is 6.54 Å². The molecule has 0 bridgehead atoms. The SMILES string of the molecule is Cc1cc(C)cc(C(=O)N2CCCC(C(=O)N3CCCC3c3ccc(Br)cc3)C2)c1. The van der Waals surface area contributed by atoms with Crippen LogP contribution in [-0.2, 0) is 4.79 Å². The number of carbonyl (C=O) groups excluding carboxylic acids is 2. The highest BCUT2D eigenvalue weighted by atomic mass is 79.9. The second kappa shape index (κ2) is 8.93. The van der Waals surface area contributed by atoms with Crippen LogP contribution in [0.2, 0.25) is 0 Å².